The number of benzene rings is 1. The lowest BCUT2D eigenvalue weighted by molar-refractivity contribution is 0.0704. The van der Waals surface area contributed by atoms with Gasteiger partial charge in [0.2, 0.25) is 0 Å². The van der Waals surface area contributed by atoms with E-state index in [-0.39, 0.29) is 5.91 Å². The van der Waals surface area contributed by atoms with Crippen LogP contribution in [0.3, 0.4) is 0 Å². The molecular formula is C21H29N3O. The predicted molar refractivity (Wildman–Crippen MR) is 102 cm³/mol. The highest BCUT2D eigenvalue weighted by Crippen LogP contribution is 2.32. The number of aromatic amines is 1. The van der Waals surface area contributed by atoms with Crippen molar-refractivity contribution in [1.29, 1.82) is 0 Å². The molecule has 1 atom stereocenters. The molecule has 4 heteroatoms. The first kappa shape index (κ1) is 16.6. The van der Waals surface area contributed by atoms with E-state index in [1.54, 1.807) is 0 Å². The van der Waals surface area contributed by atoms with E-state index in [0.29, 0.717) is 12.0 Å². The number of amides is 1. The number of hydrogen-bond acceptors (Lipinski definition) is 2. The normalized spacial score (nSPS) is 22.5. The van der Waals surface area contributed by atoms with Crippen LogP contribution in [0.2, 0.25) is 0 Å². The van der Waals surface area contributed by atoms with E-state index in [0.717, 1.165) is 48.4 Å². The van der Waals surface area contributed by atoms with Crippen molar-refractivity contribution in [3.8, 4) is 0 Å². The second-order valence-corrected chi connectivity index (χ2v) is 8.13. The molecular weight excluding hydrogens is 310 g/mol. The largest absolute Gasteiger partial charge is 0.361 e. The molecule has 1 N–H and O–H groups in total. The van der Waals surface area contributed by atoms with Crippen LogP contribution >= 0.6 is 0 Å². The summed E-state index contributed by atoms with van der Waals surface area (Å²) in [5.41, 5.74) is 1.90. The van der Waals surface area contributed by atoms with E-state index < -0.39 is 0 Å². The first-order chi connectivity index (χ1) is 12.1. The Morgan fingerprint density at radius 3 is 2.84 bits per heavy atom. The van der Waals surface area contributed by atoms with Gasteiger partial charge >= 0.3 is 0 Å². The van der Waals surface area contributed by atoms with Crippen LogP contribution in [-0.2, 0) is 0 Å². The SMILES string of the molecule is CC(C)C1CN(C(=O)c2ccc3[nH]ccc3c2)CCCN1CC1CC1. The van der Waals surface area contributed by atoms with Gasteiger partial charge in [-0.25, -0.2) is 0 Å². The molecule has 0 bridgehead atoms. The molecule has 2 heterocycles. The number of fused-ring (bicyclic) bond motifs is 1. The molecule has 2 fully saturated rings. The number of aromatic nitrogens is 1. The van der Waals surface area contributed by atoms with Gasteiger partial charge in [-0.1, -0.05) is 13.8 Å². The van der Waals surface area contributed by atoms with Gasteiger partial charge in [-0.15, -0.1) is 0 Å². The minimum absolute atomic E-state index is 0.182. The summed E-state index contributed by atoms with van der Waals surface area (Å²) in [6, 6.07) is 8.50. The fraction of sp³-hybridized carbons (Fsp3) is 0.571. The molecule has 1 aromatic heterocycles. The van der Waals surface area contributed by atoms with Crippen molar-refractivity contribution in [2.24, 2.45) is 11.8 Å². The molecule has 4 rings (SSSR count). The third-order valence-electron chi connectivity index (χ3n) is 5.80. The van der Waals surface area contributed by atoms with Crippen LogP contribution in [0.4, 0.5) is 0 Å². The standard InChI is InChI=1S/C21H29N3O/c1-15(2)20-14-24(11-3-10-23(20)13-16-4-5-16)21(25)18-6-7-19-17(12-18)8-9-22-19/h6-9,12,15-16,20,22H,3-5,10-11,13-14H2,1-2H3. The van der Waals surface area contributed by atoms with E-state index in [2.05, 4.69) is 28.6 Å². The fourth-order valence-corrected chi connectivity index (χ4v) is 4.11. The zero-order chi connectivity index (χ0) is 17.4. The summed E-state index contributed by atoms with van der Waals surface area (Å²) in [4.78, 5) is 21.1. The Hall–Kier alpha value is -1.81. The molecule has 1 saturated heterocycles. The maximum absolute atomic E-state index is 13.1. The van der Waals surface area contributed by atoms with Gasteiger partial charge in [0.1, 0.15) is 0 Å². The molecule has 4 nitrogen and oxygen atoms in total. The molecule has 0 spiro atoms. The summed E-state index contributed by atoms with van der Waals surface area (Å²) >= 11 is 0. The second kappa shape index (κ2) is 6.83. The number of hydrogen-bond donors (Lipinski definition) is 1. The zero-order valence-corrected chi connectivity index (χ0v) is 15.4. The topological polar surface area (TPSA) is 39.3 Å². The average molecular weight is 339 g/mol. The van der Waals surface area contributed by atoms with Crippen molar-refractivity contribution in [2.45, 2.75) is 39.2 Å². The van der Waals surface area contributed by atoms with E-state index >= 15 is 0 Å². The highest BCUT2D eigenvalue weighted by molar-refractivity contribution is 5.98. The van der Waals surface area contributed by atoms with E-state index in [4.69, 9.17) is 0 Å². The second-order valence-electron chi connectivity index (χ2n) is 8.13. The fourth-order valence-electron chi connectivity index (χ4n) is 4.11. The molecule has 1 aliphatic heterocycles. The maximum atomic E-state index is 13.1. The highest BCUT2D eigenvalue weighted by Gasteiger charge is 2.33. The number of carbonyl (C=O) groups is 1. The van der Waals surface area contributed by atoms with Crippen LogP contribution in [0.15, 0.2) is 30.5 Å². The Kier molecular flexibility index (Phi) is 4.55. The number of nitrogens with zero attached hydrogens (tertiary/aromatic N) is 2. The zero-order valence-electron chi connectivity index (χ0n) is 15.4. The summed E-state index contributed by atoms with van der Waals surface area (Å²) < 4.78 is 0. The summed E-state index contributed by atoms with van der Waals surface area (Å²) in [6.07, 6.45) is 5.78. The first-order valence-corrected chi connectivity index (χ1v) is 9.72. The van der Waals surface area contributed by atoms with Gasteiger partial charge in [-0.05, 0) is 55.4 Å². The van der Waals surface area contributed by atoms with Crippen molar-refractivity contribution >= 4 is 16.8 Å². The van der Waals surface area contributed by atoms with Crippen molar-refractivity contribution in [1.82, 2.24) is 14.8 Å². The predicted octanol–water partition coefficient (Wildman–Crippen LogP) is 3.75. The van der Waals surface area contributed by atoms with Crippen molar-refractivity contribution in [2.75, 3.05) is 26.2 Å². The smallest absolute Gasteiger partial charge is 0.253 e. The first-order valence-electron chi connectivity index (χ1n) is 9.72. The molecule has 2 aromatic rings. The van der Waals surface area contributed by atoms with Crippen LogP contribution in [-0.4, -0.2) is 52.9 Å². The molecule has 1 saturated carbocycles. The number of nitrogens with one attached hydrogen (secondary N) is 1. The summed E-state index contributed by atoms with van der Waals surface area (Å²) in [5, 5.41) is 1.11. The average Bonchev–Trinajstić information content (AvgIpc) is 3.34. The molecule has 1 unspecified atom stereocenters. The monoisotopic (exact) mass is 339 g/mol. The molecule has 0 radical (unpaired) electrons. The Bertz CT molecular complexity index is 746. The highest BCUT2D eigenvalue weighted by atomic mass is 16.2. The van der Waals surface area contributed by atoms with Crippen molar-refractivity contribution < 1.29 is 4.79 Å². The van der Waals surface area contributed by atoms with E-state index in [9.17, 15) is 4.79 Å². The van der Waals surface area contributed by atoms with Crippen molar-refractivity contribution in [3.63, 3.8) is 0 Å². The Labute approximate surface area is 150 Å². The van der Waals surface area contributed by atoms with Crippen LogP contribution in [0.5, 0.6) is 0 Å². The van der Waals surface area contributed by atoms with Crippen LogP contribution < -0.4 is 0 Å². The van der Waals surface area contributed by atoms with Gasteiger partial charge in [0.05, 0.1) is 0 Å². The van der Waals surface area contributed by atoms with Gasteiger partial charge in [0, 0.05) is 54.9 Å². The van der Waals surface area contributed by atoms with Crippen LogP contribution in [0.25, 0.3) is 10.9 Å². The van der Waals surface area contributed by atoms with Crippen LogP contribution in [0.1, 0.15) is 43.5 Å². The summed E-state index contributed by atoms with van der Waals surface area (Å²) in [5.74, 6) is 1.65. The molecule has 1 amide bonds. The number of rotatable bonds is 4. The van der Waals surface area contributed by atoms with Gasteiger partial charge in [-0.2, -0.15) is 0 Å². The Morgan fingerprint density at radius 1 is 1.24 bits per heavy atom. The lowest BCUT2D eigenvalue weighted by Gasteiger charge is -2.34. The molecule has 134 valence electrons. The van der Waals surface area contributed by atoms with Gasteiger partial charge in [0.25, 0.3) is 5.91 Å². The quantitative estimate of drug-likeness (QED) is 0.921. The van der Waals surface area contributed by atoms with Crippen LogP contribution in [0, 0.1) is 11.8 Å². The molecule has 25 heavy (non-hydrogen) atoms. The lowest BCUT2D eigenvalue weighted by Crippen LogP contribution is -2.46. The maximum Gasteiger partial charge on any atom is 0.253 e. The summed E-state index contributed by atoms with van der Waals surface area (Å²) in [7, 11) is 0. The van der Waals surface area contributed by atoms with E-state index in [1.807, 2.05) is 30.5 Å². The molecule has 1 aliphatic carbocycles. The Morgan fingerprint density at radius 2 is 2.08 bits per heavy atom. The summed E-state index contributed by atoms with van der Waals surface area (Å²) in [6.45, 7) is 8.66. The Balaban J connectivity index is 1.52. The van der Waals surface area contributed by atoms with Gasteiger partial charge in [0.15, 0.2) is 0 Å². The molecule has 1 aromatic carbocycles. The van der Waals surface area contributed by atoms with Gasteiger partial charge in [-0.3, -0.25) is 9.69 Å². The number of H-pyrrole nitrogens is 1. The van der Waals surface area contributed by atoms with Crippen molar-refractivity contribution in [3.05, 3.63) is 36.0 Å². The minimum Gasteiger partial charge on any atom is -0.361 e. The molecule has 2 aliphatic rings. The third kappa shape index (κ3) is 3.59. The minimum atomic E-state index is 0.182. The third-order valence-corrected chi connectivity index (χ3v) is 5.80. The van der Waals surface area contributed by atoms with E-state index in [1.165, 1.54) is 19.4 Å². The van der Waals surface area contributed by atoms with Gasteiger partial charge < -0.3 is 9.88 Å². The number of carbonyl (C=O) groups excluding carboxylic acids is 1. The lowest BCUT2D eigenvalue weighted by atomic mass is 10.0.